The first-order valence-corrected chi connectivity index (χ1v) is 5.87. The molecule has 3 heteroatoms. The summed E-state index contributed by atoms with van der Waals surface area (Å²) in [7, 11) is 0. The summed E-state index contributed by atoms with van der Waals surface area (Å²) in [6, 6.07) is 2.40. The van der Waals surface area contributed by atoms with Crippen molar-refractivity contribution in [3.63, 3.8) is 0 Å². The lowest BCUT2D eigenvalue weighted by atomic mass is 10.1. The molecule has 84 valence electrons. The van der Waals surface area contributed by atoms with E-state index in [0.29, 0.717) is 6.04 Å². The summed E-state index contributed by atoms with van der Waals surface area (Å²) in [6.45, 7) is 5.46. The number of unbranched alkanes of at least 4 members (excludes halogenated alkanes) is 1. The van der Waals surface area contributed by atoms with Gasteiger partial charge in [0.25, 0.3) is 0 Å². The SMILES string of the molecule is CCCCC(NCCC)c1ccncn1. The normalized spacial score (nSPS) is 12.7. The van der Waals surface area contributed by atoms with Crippen LogP contribution < -0.4 is 5.32 Å². The number of aromatic nitrogens is 2. The van der Waals surface area contributed by atoms with E-state index < -0.39 is 0 Å². The number of hydrogen-bond donors (Lipinski definition) is 1. The molecule has 1 N–H and O–H groups in total. The molecule has 1 rings (SSSR count). The Hall–Kier alpha value is -0.960. The minimum absolute atomic E-state index is 0.396. The Labute approximate surface area is 92.3 Å². The van der Waals surface area contributed by atoms with E-state index in [9.17, 15) is 0 Å². The molecule has 0 radical (unpaired) electrons. The number of nitrogens with one attached hydrogen (secondary N) is 1. The van der Waals surface area contributed by atoms with Crippen molar-refractivity contribution in [3.05, 3.63) is 24.3 Å². The van der Waals surface area contributed by atoms with Crippen molar-refractivity contribution in [3.8, 4) is 0 Å². The van der Waals surface area contributed by atoms with Crippen molar-refractivity contribution in [2.45, 2.75) is 45.6 Å². The van der Waals surface area contributed by atoms with Gasteiger partial charge in [-0.2, -0.15) is 0 Å². The van der Waals surface area contributed by atoms with Crippen molar-refractivity contribution in [1.29, 1.82) is 0 Å². The highest BCUT2D eigenvalue weighted by molar-refractivity contribution is 5.04. The van der Waals surface area contributed by atoms with E-state index in [-0.39, 0.29) is 0 Å². The van der Waals surface area contributed by atoms with Crippen molar-refractivity contribution >= 4 is 0 Å². The third-order valence-corrected chi connectivity index (χ3v) is 2.45. The molecule has 15 heavy (non-hydrogen) atoms. The summed E-state index contributed by atoms with van der Waals surface area (Å²) in [5.74, 6) is 0. The van der Waals surface area contributed by atoms with Gasteiger partial charge < -0.3 is 5.32 Å². The minimum Gasteiger partial charge on any atom is -0.309 e. The number of nitrogens with zero attached hydrogens (tertiary/aromatic N) is 2. The van der Waals surface area contributed by atoms with E-state index in [4.69, 9.17) is 0 Å². The Morgan fingerprint density at radius 3 is 2.80 bits per heavy atom. The smallest absolute Gasteiger partial charge is 0.115 e. The molecular formula is C12H21N3. The van der Waals surface area contributed by atoms with Crippen LogP contribution in [0.15, 0.2) is 18.6 Å². The molecule has 1 atom stereocenters. The quantitative estimate of drug-likeness (QED) is 0.747. The lowest BCUT2D eigenvalue weighted by Gasteiger charge is -2.17. The molecule has 1 heterocycles. The molecule has 0 spiro atoms. The van der Waals surface area contributed by atoms with Gasteiger partial charge >= 0.3 is 0 Å². The van der Waals surface area contributed by atoms with E-state index >= 15 is 0 Å². The lowest BCUT2D eigenvalue weighted by molar-refractivity contribution is 0.471. The van der Waals surface area contributed by atoms with Crippen molar-refractivity contribution in [1.82, 2.24) is 15.3 Å². The van der Waals surface area contributed by atoms with Crippen molar-refractivity contribution in [2.75, 3.05) is 6.54 Å². The maximum atomic E-state index is 4.31. The van der Waals surface area contributed by atoms with Gasteiger partial charge in [-0.1, -0.05) is 26.7 Å². The summed E-state index contributed by atoms with van der Waals surface area (Å²) in [5.41, 5.74) is 1.12. The molecule has 0 bridgehead atoms. The molecule has 0 aliphatic rings. The van der Waals surface area contributed by atoms with Crippen LogP contribution in [0, 0.1) is 0 Å². The fourth-order valence-corrected chi connectivity index (χ4v) is 1.59. The lowest BCUT2D eigenvalue weighted by Crippen LogP contribution is -2.23. The Balaban J connectivity index is 2.55. The van der Waals surface area contributed by atoms with Gasteiger partial charge in [-0.3, -0.25) is 0 Å². The molecule has 1 aromatic heterocycles. The van der Waals surface area contributed by atoms with Crippen LogP contribution in [0.2, 0.25) is 0 Å². The van der Waals surface area contributed by atoms with Gasteiger partial charge in [0, 0.05) is 12.2 Å². The first-order valence-electron chi connectivity index (χ1n) is 5.87. The summed E-state index contributed by atoms with van der Waals surface area (Å²) in [5, 5.41) is 3.53. The van der Waals surface area contributed by atoms with E-state index in [1.54, 1.807) is 6.33 Å². The van der Waals surface area contributed by atoms with Crippen LogP contribution in [0.4, 0.5) is 0 Å². The molecule has 1 unspecified atom stereocenters. The zero-order chi connectivity index (χ0) is 10.9. The topological polar surface area (TPSA) is 37.8 Å². The molecule has 0 saturated carbocycles. The zero-order valence-corrected chi connectivity index (χ0v) is 9.74. The Bertz CT molecular complexity index is 240. The van der Waals surface area contributed by atoms with Crippen molar-refractivity contribution in [2.24, 2.45) is 0 Å². The average Bonchev–Trinajstić information content (AvgIpc) is 2.30. The number of rotatable bonds is 7. The second kappa shape index (κ2) is 7.35. The average molecular weight is 207 g/mol. The van der Waals surface area contributed by atoms with Gasteiger partial charge in [0.2, 0.25) is 0 Å². The van der Waals surface area contributed by atoms with Crippen LogP contribution in [0.5, 0.6) is 0 Å². The van der Waals surface area contributed by atoms with Crippen molar-refractivity contribution < 1.29 is 0 Å². The zero-order valence-electron chi connectivity index (χ0n) is 9.74. The molecule has 0 fully saturated rings. The monoisotopic (exact) mass is 207 g/mol. The second-order valence-electron chi connectivity index (χ2n) is 3.78. The fraction of sp³-hybridized carbons (Fsp3) is 0.667. The Morgan fingerprint density at radius 2 is 2.20 bits per heavy atom. The summed E-state index contributed by atoms with van der Waals surface area (Å²) in [6.07, 6.45) is 8.23. The van der Waals surface area contributed by atoms with E-state index in [2.05, 4.69) is 29.1 Å². The third-order valence-electron chi connectivity index (χ3n) is 2.45. The standard InChI is InChI=1S/C12H21N3/c1-3-5-6-11(14-8-4-2)12-7-9-13-10-15-12/h7,9-11,14H,3-6,8H2,1-2H3. The summed E-state index contributed by atoms with van der Waals surface area (Å²) < 4.78 is 0. The van der Waals surface area contributed by atoms with Gasteiger partial charge in [0.15, 0.2) is 0 Å². The first-order chi connectivity index (χ1) is 7.38. The predicted molar refractivity (Wildman–Crippen MR) is 62.6 cm³/mol. The Kier molecular flexibility index (Phi) is 5.93. The van der Waals surface area contributed by atoms with Crippen LogP contribution in [-0.2, 0) is 0 Å². The van der Waals surface area contributed by atoms with Gasteiger partial charge in [0.05, 0.1) is 5.69 Å². The van der Waals surface area contributed by atoms with E-state index in [1.807, 2.05) is 12.3 Å². The van der Waals surface area contributed by atoms with Gasteiger partial charge in [0.1, 0.15) is 6.33 Å². The van der Waals surface area contributed by atoms with E-state index in [0.717, 1.165) is 25.1 Å². The molecule has 3 nitrogen and oxygen atoms in total. The molecular weight excluding hydrogens is 186 g/mol. The molecule has 0 amide bonds. The van der Waals surface area contributed by atoms with Gasteiger partial charge in [-0.25, -0.2) is 9.97 Å². The largest absolute Gasteiger partial charge is 0.309 e. The highest BCUT2D eigenvalue weighted by Gasteiger charge is 2.10. The maximum Gasteiger partial charge on any atom is 0.115 e. The highest BCUT2D eigenvalue weighted by atomic mass is 14.9. The van der Waals surface area contributed by atoms with Crippen LogP contribution in [-0.4, -0.2) is 16.5 Å². The summed E-state index contributed by atoms with van der Waals surface area (Å²) >= 11 is 0. The fourth-order valence-electron chi connectivity index (χ4n) is 1.59. The first kappa shape index (κ1) is 12.1. The molecule has 0 saturated heterocycles. The van der Waals surface area contributed by atoms with Crippen LogP contribution in [0.25, 0.3) is 0 Å². The highest BCUT2D eigenvalue weighted by Crippen LogP contribution is 2.16. The van der Waals surface area contributed by atoms with E-state index in [1.165, 1.54) is 12.8 Å². The van der Waals surface area contributed by atoms with Gasteiger partial charge in [-0.15, -0.1) is 0 Å². The molecule has 1 aromatic rings. The predicted octanol–water partition coefficient (Wildman–Crippen LogP) is 2.71. The van der Waals surface area contributed by atoms with Gasteiger partial charge in [-0.05, 0) is 25.5 Å². The molecule has 0 aliphatic carbocycles. The Morgan fingerprint density at radius 1 is 1.33 bits per heavy atom. The summed E-state index contributed by atoms with van der Waals surface area (Å²) in [4.78, 5) is 8.26. The molecule has 0 aliphatic heterocycles. The maximum absolute atomic E-state index is 4.31. The minimum atomic E-state index is 0.396. The van der Waals surface area contributed by atoms with Crippen LogP contribution >= 0.6 is 0 Å². The second-order valence-corrected chi connectivity index (χ2v) is 3.78. The van der Waals surface area contributed by atoms with Crippen LogP contribution in [0.3, 0.4) is 0 Å². The number of hydrogen-bond acceptors (Lipinski definition) is 3. The van der Waals surface area contributed by atoms with Crippen LogP contribution in [0.1, 0.15) is 51.3 Å². The molecule has 0 aromatic carbocycles. The third kappa shape index (κ3) is 4.38.